The third-order valence-corrected chi connectivity index (χ3v) is 4.24. The summed E-state index contributed by atoms with van der Waals surface area (Å²) in [4.78, 5) is 6.16. The first kappa shape index (κ1) is 15.1. The zero-order valence-corrected chi connectivity index (χ0v) is 13.1. The molecule has 0 unspecified atom stereocenters. The summed E-state index contributed by atoms with van der Waals surface area (Å²) in [6, 6.07) is 9.04. The molecule has 126 valence electrons. The Hall–Kier alpha value is -2.48. The van der Waals surface area contributed by atoms with Crippen LogP contribution in [-0.2, 0) is 4.74 Å². The number of benzene rings is 1. The average molecular weight is 333 g/mol. The van der Waals surface area contributed by atoms with Crippen molar-refractivity contribution in [1.82, 2.24) is 19.7 Å². The number of rotatable bonds is 3. The molecule has 1 atom stereocenters. The van der Waals surface area contributed by atoms with Gasteiger partial charge in [0.25, 0.3) is 6.43 Å². The van der Waals surface area contributed by atoms with Crippen molar-refractivity contribution in [3.05, 3.63) is 36.2 Å². The summed E-state index contributed by atoms with van der Waals surface area (Å²) in [5.74, 6) is 0.910. The Balaban J connectivity index is 1.79. The molecule has 1 fully saturated rings. The lowest BCUT2D eigenvalue weighted by Crippen LogP contribution is -2.43. The standard InChI is InChI=1S/C16H17F2N5O/c1-10-9-24-7-6-22(10)13-8-14(21-20-13)23-12-5-3-2-4-11(12)19-16(23)15(17)18/h2-5,8,10,15H,6-7,9H2,1H3,(H,20,21)/t10-/m1/s1. The maximum atomic E-state index is 13.4. The number of ether oxygens (including phenoxy) is 1. The maximum Gasteiger partial charge on any atom is 0.296 e. The predicted molar refractivity (Wildman–Crippen MR) is 85.8 cm³/mol. The van der Waals surface area contributed by atoms with Gasteiger partial charge in [-0.05, 0) is 19.1 Å². The summed E-state index contributed by atoms with van der Waals surface area (Å²) in [6.45, 7) is 4.02. The summed E-state index contributed by atoms with van der Waals surface area (Å²) in [5.41, 5.74) is 1.15. The van der Waals surface area contributed by atoms with E-state index >= 15 is 0 Å². The number of aromatic nitrogens is 4. The molecular weight excluding hydrogens is 316 g/mol. The molecule has 0 radical (unpaired) electrons. The molecule has 3 heterocycles. The number of aromatic amines is 1. The van der Waals surface area contributed by atoms with Crippen LogP contribution in [0.25, 0.3) is 16.9 Å². The van der Waals surface area contributed by atoms with Crippen LogP contribution in [0.5, 0.6) is 0 Å². The molecule has 4 rings (SSSR count). The van der Waals surface area contributed by atoms with Crippen LogP contribution in [0.3, 0.4) is 0 Å². The van der Waals surface area contributed by atoms with Gasteiger partial charge < -0.3 is 9.64 Å². The van der Waals surface area contributed by atoms with Gasteiger partial charge in [-0.25, -0.2) is 13.8 Å². The van der Waals surface area contributed by atoms with Crippen LogP contribution in [0.1, 0.15) is 19.2 Å². The second kappa shape index (κ2) is 5.86. The molecule has 8 heteroatoms. The Morgan fingerprint density at radius 2 is 2.17 bits per heavy atom. The topological polar surface area (TPSA) is 59.0 Å². The fraction of sp³-hybridized carbons (Fsp3) is 0.375. The largest absolute Gasteiger partial charge is 0.377 e. The van der Waals surface area contributed by atoms with Crippen LogP contribution < -0.4 is 4.90 Å². The van der Waals surface area contributed by atoms with Crippen LogP contribution in [0.2, 0.25) is 0 Å². The van der Waals surface area contributed by atoms with Crippen LogP contribution in [-0.4, -0.2) is 45.5 Å². The Bertz CT molecular complexity index is 859. The van der Waals surface area contributed by atoms with E-state index in [1.165, 1.54) is 4.57 Å². The minimum Gasteiger partial charge on any atom is -0.377 e. The molecule has 0 spiro atoms. The first-order valence-corrected chi connectivity index (χ1v) is 7.81. The van der Waals surface area contributed by atoms with Crippen molar-refractivity contribution >= 4 is 16.9 Å². The highest BCUT2D eigenvalue weighted by Gasteiger charge is 2.24. The van der Waals surface area contributed by atoms with Crippen LogP contribution >= 0.6 is 0 Å². The van der Waals surface area contributed by atoms with Gasteiger partial charge in [0.1, 0.15) is 5.82 Å². The van der Waals surface area contributed by atoms with Gasteiger partial charge >= 0.3 is 0 Å². The molecule has 0 amide bonds. The van der Waals surface area contributed by atoms with Gasteiger partial charge in [0.05, 0.1) is 30.3 Å². The number of nitrogens with one attached hydrogen (secondary N) is 1. The van der Waals surface area contributed by atoms with Crippen molar-refractivity contribution in [2.24, 2.45) is 0 Å². The second-order valence-corrected chi connectivity index (χ2v) is 5.82. The third-order valence-electron chi connectivity index (χ3n) is 4.24. The maximum absolute atomic E-state index is 13.4. The quantitative estimate of drug-likeness (QED) is 0.801. The van der Waals surface area contributed by atoms with Crippen molar-refractivity contribution in [2.75, 3.05) is 24.7 Å². The van der Waals surface area contributed by atoms with Crippen LogP contribution in [0.15, 0.2) is 30.3 Å². The van der Waals surface area contributed by atoms with Crippen LogP contribution in [0, 0.1) is 0 Å². The van der Waals surface area contributed by atoms with Gasteiger partial charge in [-0.15, -0.1) is 0 Å². The lowest BCUT2D eigenvalue weighted by molar-refractivity contribution is 0.0985. The number of morpholine rings is 1. The SMILES string of the molecule is C[C@@H]1COCCN1c1cc(-n2c(C(F)F)nc3ccccc32)[nH]n1. The Labute approximate surface area is 137 Å². The fourth-order valence-corrected chi connectivity index (χ4v) is 3.07. The molecule has 1 aliphatic heterocycles. The number of hydrogen-bond donors (Lipinski definition) is 1. The first-order valence-electron chi connectivity index (χ1n) is 7.81. The predicted octanol–water partition coefficient (Wildman–Crippen LogP) is 2.91. The van der Waals surface area contributed by atoms with E-state index in [0.717, 1.165) is 12.4 Å². The third kappa shape index (κ3) is 2.43. The van der Waals surface area contributed by atoms with E-state index in [-0.39, 0.29) is 11.9 Å². The van der Waals surface area contributed by atoms with Crippen molar-refractivity contribution < 1.29 is 13.5 Å². The zero-order valence-electron chi connectivity index (χ0n) is 13.1. The Morgan fingerprint density at radius 3 is 2.96 bits per heavy atom. The first-order chi connectivity index (χ1) is 11.6. The van der Waals surface area contributed by atoms with E-state index in [0.29, 0.717) is 30.1 Å². The summed E-state index contributed by atoms with van der Waals surface area (Å²) in [6.07, 6.45) is -2.67. The number of anilines is 1. The molecule has 1 saturated heterocycles. The molecular formula is C16H17F2N5O. The molecule has 0 saturated carbocycles. The van der Waals surface area contributed by atoms with Gasteiger partial charge in [-0.3, -0.25) is 9.67 Å². The number of imidazole rings is 1. The molecule has 1 aromatic carbocycles. The fourth-order valence-electron chi connectivity index (χ4n) is 3.07. The lowest BCUT2D eigenvalue weighted by atomic mass is 10.2. The highest BCUT2D eigenvalue weighted by atomic mass is 19.3. The highest BCUT2D eigenvalue weighted by Crippen LogP contribution is 2.28. The molecule has 1 aliphatic rings. The number of hydrogen-bond acceptors (Lipinski definition) is 4. The van der Waals surface area contributed by atoms with Crippen molar-refractivity contribution in [2.45, 2.75) is 19.4 Å². The number of nitrogens with zero attached hydrogens (tertiary/aromatic N) is 4. The van der Waals surface area contributed by atoms with Gasteiger partial charge in [-0.1, -0.05) is 12.1 Å². The number of halogens is 2. The smallest absolute Gasteiger partial charge is 0.296 e. The van der Waals surface area contributed by atoms with Crippen molar-refractivity contribution in [3.63, 3.8) is 0 Å². The Kier molecular flexibility index (Phi) is 3.68. The monoisotopic (exact) mass is 333 g/mol. The minimum atomic E-state index is -2.67. The molecule has 0 aliphatic carbocycles. The summed E-state index contributed by atoms with van der Waals surface area (Å²) >= 11 is 0. The molecule has 2 aromatic heterocycles. The Morgan fingerprint density at radius 1 is 1.33 bits per heavy atom. The van der Waals surface area contributed by atoms with E-state index in [1.807, 2.05) is 6.92 Å². The summed E-state index contributed by atoms with van der Waals surface area (Å²) in [5, 5.41) is 7.18. The molecule has 6 nitrogen and oxygen atoms in total. The van der Waals surface area contributed by atoms with E-state index in [9.17, 15) is 8.78 Å². The van der Waals surface area contributed by atoms with E-state index in [2.05, 4.69) is 20.1 Å². The normalized spacial score (nSPS) is 18.7. The van der Waals surface area contributed by atoms with E-state index in [4.69, 9.17) is 4.74 Å². The minimum absolute atomic E-state index is 0.184. The number of fused-ring (bicyclic) bond motifs is 1. The van der Waals surface area contributed by atoms with Crippen molar-refractivity contribution in [1.29, 1.82) is 0 Å². The molecule has 1 N–H and O–H groups in total. The summed E-state index contributed by atoms with van der Waals surface area (Å²) in [7, 11) is 0. The molecule has 0 bridgehead atoms. The van der Waals surface area contributed by atoms with Crippen LogP contribution in [0.4, 0.5) is 14.6 Å². The number of H-pyrrole nitrogens is 1. The van der Waals surface area contributed by atoms with E-state index in [1.54, 1.807) is 30.3 Å². The number of alkyl halides is 2. The molecule has 24 heavy (non-hydrogen) atoms. The van der Waals surface area contributed by atoms with Gasteiger partial charge in [0.15, 0.2) is 11.6 Å². The highest BCUT2D eigenvalue weighted by molar-refractivity contribution is 5.78. The van der Waals surface area contributed by atoms with Gasteiger partial charge in [0, 0.05) is 12.6 Å². The lowest BCUT2D eigenvalue weighted by Gasteiger charge is -2.33. The van der Waals surface area contributed by atoms with Crippen molar-refractivity contribution in [3.8, 4) is 5.82 Å². The summed E-state index contributed by atoms with van der Waals surface area (Å²) < 4.78 is 33.7. The zero-order chi connectivity index (χ0) is 16.7. The second-order valence-electron chi connectivity index (χ2n) is 5.82. The van der Waals surface area contributed by atoms with E-state index < -0.39 is 6.43 Å². The average Bonchev–Trinajstić information content (AvgIpc) is 3.19. The molecule has 3 aromatic rings. The van der Waals surface area contributed by atoms with Gasteiger partial charge in [-0.2, -0.15) is 5.10 Å². The van der Waals surface area contributed by atoms with Gasteiger partial charge in [0.2, 0.25) is 0 Å². The number of para-hydroxylation sites is 2.